The fourth-order valence-electron chi connectivity index (χ4n) is 5.93. The van der Waals surface area contributed by atoms with Gasteiger partial charge in [0.25, 0.3) is 0 Å². The minimum Gasteiger partial charge on any atom is -0.493 e. The Hall–Kier alpha value is -3.40. The lowest BCUT2D eigenvalue weighted by Gasteiger charge is -2.22. The molecule has 1 aliphatic carbocycles. The number of hydrogen-bond donors (Lipinski definition) is 5. The molecule has 0 aromatic heterocycles. The number of unbranched alkanes of at least 4 members (excludes halogenated alkanes) is 6. The van der Waals surface area contributed by atoms with Crippen LogP contribution in [0.25, 0.3) is 0 Å². The van der Waals surface area contributed by atoms with E-state index >= 15 is 0 Å². The van der Waals surface area contributed by atoms with Crippen molar-refractivity contribution in [1.29, 1.82) is 0 Å². The van der Waals surface area contributed by atoms with Crippen molar-refractivity contribution in [3.63, 3.8) is 0 Å². The van der Waals surface area contributed by atoms with Gasteiger partial charge in [-0.25, -0.2) is 9.59 Å². The van der Waals surface area contributed by atoms with Crippen LogP contribution in [0.4, 0.5) is 0 Å². The van der Waals surface area contributed by atoms with Crippen molar-refractivity contribution in [3.05, 3.63) is 35.9 Å². The number of benzene rings is 1. The number of aliphatic hydroxyl groups excluding tert-OH is 2. The lowest BCUT2D eigenvalue weighted by molar-refractivity contribution is -0.492. The summed E-state index contributed by atoms with van der Waals surface area (Å²) < 4.78 is 15.7. The molecule has 14 nitrogen and oxygen atoms in total. The highest BCUT2D eigenvalue weighted by Crippen LogP contribution is 2.38. The fourth-order valence-corrected chi connectivity index (χ4v) is 5.93. The molecule has 5 N–H and O–H groups in total. The van der Waals surface area contributed by atoms with Crippen LogP contribution < -0.4 is 14.8 Å². The summed E-state index contributed by atoms with van der Waals surface area (Å²) in [6.45, 7) is 1.91. The molecule has 0 radical (unpaired) electrons. The third-order valence-electron chi connectivity index (χ3n) is 8.72. The summed E-state index contributed by atoms with van der Waals surface area (Å²) in [5.74, 6) is -1.48. The Balaban J connectivity index is 1.66. The van der Waals surface area contributed by atoms with Gasteiger partial charge < -0.3 is 29.7 Å². The first-order valence-electron chi connectivity index (χ1n) is 17.7. The van der Waals surface area contributed by atoms with Crippen molar-refractivity contribution in [1.82, 2.24) is 10.7 Å². The second-order valence-electron chi connectivity index (χ2n) is 12.6. The Morgan fingerprint density at radius 2 is 1.62 bits per heavy atom. The van der Waals surface area contributed by atoms with E-state index in [9.17, 15) is 29.4 Å². The number of nitrogens with zero attached hydrogens (tertiary/aromatic N) is 1. The molecular formula is C36H56N2O12. The van der Waals surface area contributed by atoms with Crippen molar-refractivity contribution < 1.29 is 58.9 Å². The number of hydrogen-bond acceptors (Lipinski definition) is 13. The fraction of sp³-hybridized carbons (Fsp3) is 0.667. The van der Waals surface area contributed by atoms with E-state index in [1.165, 1.54) is 38.2 Å². The van der Waals surface area contributed by atoms with Gasteiger partial charge in [-0.15, -0.1) is 0 Å². The first-order valence-corrected chi connectivity index (χ1v) is 17.7. The average molecular weight is 709 g/mol. The zero-order chi connectivity index (χ0) is 36.7. The summed E-state index contributed by atoms with van der Waals surface area (Å²) in [5, 5.41) is 40.1. The number of ketones is 1. The normalized spacial score (nSPS) is 18.8. The number of allylic oxidation sites excluding steroid dienone is 2. The van der Waals surface area contributed by atoms with Crippen LogP contribution in [0.15, 0.2) is 30.4 Å². The van der Waals surface area contributed by atoms with Gasteiger partial charge in [-0.05, 0) is 81.4 Å². The molecule has 0 aliphatic heterocycles. The number of amides is 1. The van der Waals surface area contributed by atoms with Crippen LogP contribution in [0, 0.1) is 11.8 Å². The summed E-state index contributed by atoms with van der Waals surface area (Å²) in [6, 6.07) is 4.16. The van der Waals surface area contributed by atoms with Crippen molar-refractivity contribution in [2.45, 2.75) is 115 Å². The highest BCUT2D eigenvalue weighted by Gasteiger charge is 2.40. The van der Waals surface area contributed by atoms with E-state index in [4.69, 9.17) is 24.6 Å². The number of carbonyl (C=O) groups excluding carboxylic acids is 4. The van der Waals surface area contributed by atoms with E-state index in [0.29, 0.717) is 57.8 Å². The summed E-state index contributed by atoms with van der Waals surface area (Å²) >= 11 is 0. The smallest absolute Gasteiger partial charge is 0.338 e. The maximum Gasteiger partial charge on any atom is 0.338 e. The molecule has 0 spiro atoms. The predicted molar refractivity (Wildman–Crippen MR) is 181 cm³/mol. The lowest BCUT2D eigenvalue weighted by atomic mass is 9.86. The van der Waals surface area contributed by atoms with Crippen LogP contribution in [-0.2, 0) is 24.0 Å². The van der Waals surface area contributed by atoms with E-state index in [1.54, 1.807) is 0 Å². The molecule has 0 saturated heterocycles. The van der Waals surface area contributed by atoms with E-state index in [-0.39, 0.29) is 72.2 Å². The van der Waals surface area contributed by atoms with Crippen LogP contribution in [0.2, 0.25) is 0 Å². The Labute approximate surface area is 294 Å². The quantitative estimate of drug-likeness (QED) is 0.0288. The monoisotopic (exact) mass is 708 g/mol. The molecule has 282 valence electrons. The number of nitrogens with one attached hydrogen (secondary N) is 1. The zero-order valence-electron chi connectivity index (χ0n) is 29.4. The topological polar surface area (TPSA) is 201 Å². The van der Waals surface area contributed by atoms with Gasteiger partial charge in [-0.2, -0.15) is 0 Å². The zero-order valence-corrected chi connectivity index (χ0v) is 29.4. The first kappa shape index (κ1) is 42.8. The molecule has 1 saturated carbocycles. The minimum absolute atomic E-state index is 0.0298. The van der Waals surface area contributed by atoms with Crippen molar-refractivity contribution in [2.75, 3.05) is 26.9 Å². The van der Waals surface area contributed by atoms with Crippen LogP contribution >= 0.6 is 0 Å². The van der Waals surface area contributed by atoms with Crippen molar-refractivity contribution >= 4 is 23.6 Å². The van der Waals surface area contributed by atoms with Gasteiger partial charge in [-0.3, -0.25) is 24.8 Å². The third-order valence-corrected chi connectivity index (χ3v) is 8.72. The predicted octanol–water partition coefficient (Wildman–Crippen LogP) is 4.85. The van der Waals surface area contributed by atoms with Crippen LogP contribution in [-0.4, -0.2) is 88.7 Å². The number of methoxy groups -OCH3 is 1. The van der Waals surface area contributed by atoms with E-state index in [2.05, 4.69) is 17.1 Å². The van der Waals surface area contributed by atoms with Gasteiger partial charge in [0.1, 0.15) is 12.3 Å². The van der Waals surface area contributed by atoms with Gasteiger partial charge in [0.05, 0.1) is 43.5 Å². The van der Waals surface area contributed by atoms with Gasteiger partial charge in [0.15, 0.2) is 11.5 Å². The number of Topliss-reactive ketones (excluding diaryl/α,β-unsaturated/α-hetero) is 1. The van der Waals surface area contributed by atoms with Gasteiger partial charge in [0.2, 0.25) is 5.91 Å². The van der Waals surface area contributed by atoms with Gasteiger partial charge in [0, 0.05) is 19.3 Å². The molecule has 4 atom stereocenters. The summed E-state index contributed by atoms with van der Waals surface area (Å²) in [6.07, 6.45) is 12.9. The lowest BCUT2D eigenvalue weighted by Crippen LogP contribution is -2.31. The number of carbonyl (C=O) groups is 4. The molecule has 1 aliphatic rings. The maximum absolute atomic E-state index is 12.4. The number of aliphatic hydroxyl groups is 2. The Morgan fingerprint density at radius 1 is 0.880 bits per heavy atom. The average Bonchev–Trinajstić information content (AvgIpc) is 3.36. The molecule has 1 aromatic rings. The second-order valence-corrected chi connectivity index (χ2v) is 12.6. The Bertz CT molecular complexity index is 1210. The summed E-state index contributed by atoms with van der Waals surface area (Å²) in [7, 11) is 1.35. The SMILES string of the molecule is CCCCCCCC(=O)CC[C@@H]1[C@@H](C/C=C\CCCC(=O)NCC(=O)Oc2ccc(C(=O)OCCCCON(O)O)cc2OC)[C@@H](O)C[C@H]1O. The van der Waals surface area contributed by atoms with Crippen molar-refractivity contribution in [2.24, 2.45) is 11.8 Å². The molecule has 1 fully saturated rings. The first-order chi connectivity index (χ1) is 24.0. The number of rotatable bonds is 26. The number of ether oxygens (including phenoxy) is 3. The second kappa shape index (κ2) is 24.7. The highest BCUT2D eigenvalue weighted by molar-refractivity contribution is 5.90. The molecule has 0 bridgehead atoms. The van der Waals surface area contributed by atoms with Gasteiger partial charge >= 0.3 is 11.9 Å². The molecular weight excluding hydrogens is 652 g/mol. The molecule has 50 heavy (non-hydrogen) atoms. The minimum atomic E-state index is -0.723. The highest BCUT2D eigenvalue weighted by atomic mass is 17.1. The van der Waals surface area contributed by atoms with E-state index < -0.39 is 24.1 Å². The molecule has 1 aromatic carbocycles. The molecule has 2 rings (SSSR count). The van der Waals surface area contributed by atoms with E-state index in [1.807, 2.05) is 12.2 Å². The Kier molecular flexibility index (Phi) is 21.1. The molecule has 0 unspecified atom stereocenters. The van der Waals surface area contributed by atoms with Crippen LogP contribution in [0.3, 0.4) is 0 Å². The van der Waals surface area contributed by atoms with Crippen LogP contribution in [0.1, 0.15) is 114 Å². The summed E-state index contributed by atoms with van der Waals surface area (Å²) in [4.78, 5) is 53.7. The molecule has 0 heterocycles. The maximum atomic E-state index is 12.4. The molecule has 1 amide bonds. The Morgan fingerprint density at radius 3 is 2.36 bits per heavy atom. The summed E-state index contributed by atoms with van der Waals surface area (Å²) in [5.41, 5.74) is 0.171. The largest absolute Gasteiger partial charge is 0.493 e. The van der Waals surface area contributed by atoms with E-state index in [0.717, 1.165) is 19.3 Å². The van der Waals surface area contributed by atoms with Crippen LogP contribution in [0.5, 0.6) is 11.5 Å². The standard InChI is InChI=1S/C36H56N2O12/c1-3-4-5-6-9-14-27(39)18-19-29-28(30(40)24-31(29)41)15-10-7-8-11-16-34(42)37-25-35(43)50-32-20-17-26(23-33(32)47-2)36(44)48-21-12-13-22-49-38(45)46/h7,10,17,20,23,28-31,40-41,45-46H,3-6,8-9,11-16,18-19,21-22,24-25H2,1-2H3,(H,37,42)/b10-7-/t28-,29-,30+,31-/m1/s1. The molecule has 14 heteroatoms. The van der Waals surface area contributed by atoms with Gasteiger partial charge in [-0.1, -0.05) is 44.8 Å². The number of esters is 2. The van der Waals surface area contributed by atoms with Crippen molar-refractivity contribution in [3.8, 4) is 11.5 Å². The third kappa shape index (κ3) is 17.0.